The largest absolute Gasteiger partial charge is 0.453 e. The number of hydrogen-bond donors (Lipinski definition) is 0. The second kappa shape index (κ2) is 7.64. The van der Waals surface area contributed by atoms with Crippen LogP contribution in [0.25, 0.3) is 22.4 Å². The molecule has 134 valence electrons. The maximum Gasteiger partial charge on any atom is 0.195 e. The number of halogens is 1. The van der Waals surface area contributed by atoms with Crippen molar-refractivity contribution in [1.29, 1.82) is 0 Å². The monoisotopic (exact) mass is 377 g/mol. The van der Waals surface area contributed by atoms with Crippen molar-refractivity contribution in [2.75, 3.05) is 5.88 Å². The maximum absolute atomic E-state index is 11.4. The molecule has 0 bridgehead atoms. The molecule has 0 unspecified atom stereocenters. The normalized spacial score (nSPS) is 10.9. The fraction of sp³-hybridized carbons (Fsp3) is 0.0909. The van der Waals surface area contributed by atoms with Gasteiger partial charge < -0.3 is 9.15 Å². The summed E-state index contributed by atoms with van der Waals surface area (Å²) in [7, 11) is 0. The zero-order chi connectivity index (χ0) is 18.6. The Morgan fingerprint density at radius 2 is 1.81 bits per heavy atom. The highest BCUT2D eigenvalue weighted by Gasteiger charge is 2.12. The fourth-order valence-corrected chi connectivity index (χ4v) is 2.91. The molecule has 0 spiro atoms. The Labute approximate surface area is 161 Å². The summed E-state index contributed by atoms with van der Waals surface area (Å²) in [6, 6.07) is 20.9. The molecule has 0 aliphatic heterocycles. The zero-order valence-corrected chi connectivity index (χ0v) is 15.1. The molecular formula is C22H16ClNO3. The molecule has 4 rings (SSSR count). The minimum Gasteiger partial charge on any atom is -0.453 e. The van der Waals surface area contributed by atoms with Gasteiger partial charge in [-0.15, -0.1) is 11.6 Å². The summed E-state index contributed by atoms with van der Waals surface area (Å²) in [5.41, 5.74) is 3.21. The molecule has 0 N–H and O–H groups in total. The molecule has 0 fully saturated rings. The van der Waals surface area contributed by atoms with Crippen LogP contribution in [0, 0.1) is 0 Å². The van der Waals surface area contributed by atoms with E-state index in [1.165, 1.54) is 0 Å². The maximum atomic E-state index is 11.4. The van der Waals surface area contributed by atoms with Crippen molar-refractivity contribution < 1.29 is 13.9 Å². The molecular weight excluding hydrogens is 362 g/mol. The van der Waals surface area contributed by atoms with E-state index < -0.39 is 0 Å². The van der Waals surface area contributed by atoms with Gasteiger partial charge in [-0.05, 0) is 17.7 Å². The number of benzene rings is 2. The van der Waals surface area contributed by atoms with Crippen LogP contribution in [0.1, 0.15) is 5.56 Å². The van der Waals surface area contributed by atoms with E-state index in [9.17, 15) is 4.79 Å². The summed E-state index contributed by atoms with van der Waals surface area (Å²) in [4.78, 5) is 15.8. The molecule has 0 saturated heterocycles. The van der Waals surface area contributed by atoms with Gasteiger partial charge in [-0.2, -0.15) is 0 Å². The summed E-state index contributed by atoms with van der Waals surface area (Å²) in [6.45, 7) is 0. The molecule has 27 heavy (non-hydrogen) atoms. The van der Waals surface area contributed by atoms with Crippen molar-refractivity contribution in [2.45, 2.75) is 6.42 Å². The van der Waals surface area contributed by atoms with E-state index in [1.807, 2.05) is 60.7 Å². The van der Waals surface area contributed by atoms with Gasteiger partial charge in [-0.3, -0.25) is 9.78 Å². The highest BCUT2D eigenvalue weighted by Crippen LogP contribution is 2.34. The number of ether oxygens (including phenoxy) is 1. The Hall–Kier alpha value is -3.11. The zero-order valence-electron chi connectivity index (χ0n) is 14.4. The number of furan rings is 1. The molecule has 0 radical (unpaired) electrons. The summed E-state index contributed by atoms with van der Waals surface area (Å²) in [5.74, 6) is 2.00. The number of rotatable bonds is 6. The molecule has 5 heteroatoms. The van der Waals surface area contributed by atoms with Crippen LogP contribution in [0.3, 0.4) is 0 Å². The van der Waals surface area contributed by atoms with Crippen LogP contribution in [0.5, 0.6) is 11.5 Å². The number of carbonyl (C=O) groups excluding carboxylic acids is 1. The van der Waals surface area contributed by atoms with Crippen molar-refractivity contribution in [1.82, 2.24) is 4.98 Å². The smallest absolute Gasteiger partial charge is 0.195 e. The lowest BCUT2D eigenvalue weighted by molar-refractivity contribution is -0.116. The van der Waals surface area contributed by atoms with Gasteiger partial charge in [0.25, 0.3) is 0 Å². The second-order valence-corrected chi connectivity index (χ2v) is 6.36. The Kier molecular flexibility index (Phi) is 4.90. The molecule has 4 nitrogen and oxygen atoms in total. The number of carbonyl (C=O) groups is 1. The highest BCUT2D eigenvalue weighted by molar-refractivity contribution is 6.27. The number of pyridine rings is 1. The van der Waals surface area contributed by atoms with Gasteiger partial charge in [0.1, 0.15) is 17.0 Å². The first kappa shape index (κ1) is 17.3. The van der Waals surface area contributed by atoms with Crippen LogP contribution in [0.4, 0.5) is 0 Å². The Bertz CT molecular complexity index is 1070. The average molecular weight is 378 g/mol. The van der Waals surface area contributed by atoms with E-state index in [2.05, 4.69) is 4.98 Å². The molecule has 0 aliphatic rings. The number of ketones is 1. The molecule has 2 heterocycles. The average Bonchev–Trinajstić information content (AvgIpc) is 3.15. The Morgan fingerprint density at radius 1 is 1.04 bits per heavy atom. The molecule has 0 saturated carbocycles. The standard InChI is InChI=1S/C22H16ClNO3/c23-14-17(25)12-15-6-8-18(9-7-15)26-20-10-11-24-19-13-21(27-22(19)20)16-4-2-1-3-5-16/h1-11,13H,12,14H2. The first-order chi connectivity index (χ1) is 13.2. The third kappa shape index (κ3) is 3.86. The van der Waals surface area contributed by atoms with Gasteiger partial charge in [0.05, 0.1) is 5.88 Å². The number of fused-ring (bicyclic) bond motifs is 1. The Balaban J connectivity index is 1.60. The number of aromatic nitrogens is 1. The highest BCUT2D eigenvalue weighted by atomic mass is 35.5. The fourth-order valence-electron chi connectivity index (χ4n) is 2.82. The van der Waals surface area contributed by atoms with E-state index in [1.54, 1.807) is 12.3 Å². The van der Waals surface area contributed by atoms with Gasteiger partial charge in [-0.1, -0.05) is 42.5 Å². The lowest BCUT2D eigenvalue weighted by Gasteiger charge is -2.07. The van der Waals surface area contributed by atoms with Gasteiger partial charge in [0.15, 0.2) is 17.1 Å². The second-order valence-electron chi connectivity index (χ2n) is 6.10. The molecule has 4 aromatic rings. The number of alkyl halides is 1. The van der Waals surface area contributed by atoms with Crippen LogP contribution in [0.15, 0.2) is 77.3 Å². The first-order valence-electron chi connectivity index (χ1n) is 8.51. The summed E-state index contributed by atoms with van der Waals surface area (Å²) >= 11 is 5.55. The first-order valence-corrected chi connectivity index (χ1v) is 9.05. The van der Waals surface area contributed by atoms with E-state index in [-0.39, 0.29) is 11.7 Å². The van der Waals surface area contributed by atoms with Crippen LogP contribution in [-0.2, 0) is 11.2 Å². The van der Waals surface area contributed by atoms with Crippen LogP contribution in [-0.4, -0.2) is 16.6 Å². The molecule has 0 atom stereocenters. The van der Waals surface area contributed by atoms with E-state index in [4.69, 9.17) is 20.8 Å². The van der Waals surface area contributed by atoms with Crippen molar-refractivity contribution >= 4 is 28.5 Å². The van der Waals surface area contributed by atoms with E-state index >= 15 is 0 Å². The van der Waals surface area contributed by atoms with Crippen LogP contribution >= 0.6 is 11.6 Å². The minimum absolute atomic E-state index is 0.00907. The SMILES string of the molecule is O=C(CCl)Cc1ccc(Oc2ccnc3cc(-c4ccccc4)oc23)cc1. The molecule has 2 aromatic heterocycles. The van der Waals surface area contributed by atoms with Crippen molar-refractivity contribution in [3.63, 3.8) is 0 Å². The van der Waals surface area contributed by atoms with Gasteiger partial charge in [0, 0.05) is 30.3 Å². The topological polar surface area (TPSA) is 52.3 Å². The van der Waals surface area contributed by atoms with Gasteiger partial charge in [0.2, 0.25) is 0 Å². The predicted molar refractivity (Wildman–Crippen MR) is 105 cm³/mol. The van der Waals surface area contributed by atoms with Crippen molar-refractivity contribution in [2.24, 2.45) is 0 Å². The summed E-state index contributed by atoms with van der Waals surface area (Å²) in [5, 5.41) is 0. The summed E-state index contributed by atoms with van der Waals surface area (Å²) in [6.07, 6.45) is 2.01. The lowest BCUT2D eigenvalue weighted by atomic mass is 10.1. The van der Waals surface area contributed by atoms with Crippen LogP contribution < -0.4 is 4.74 Å². The summed E-state index contributed by atoms with van der Waals surface area (Å²) < 4.78 is 12.0. The van der Waals surface area contributed by atoms with Crippen LogP contribution in [0.2, 0.25) is 0 Å². The van der Waals surface area contributed by atoms with E-state index in [0.29, 0.717) is 23.5 Å². The van der Waals surface area contributed by atoms with Crippen molar-refractivity contribution in [3.05, 3.63) is 78.5 Å². The number of hydrogen-bond acceptors (Lipinski definition) is 4. The third-order valence-corrected chi connectivity index (χ3v) is 4.43. The quantitative estimate of drug-likeness (QED) is 0.408. The Morgan fingerprint density at radius 3 is 2.56 bits per heavy atom. The van der Waals surface area contributed by atoms with E-state index in [0.717, 1.165) is 22.4 Å². The van der Waals surface area contributed by atoms with Gasteiger partial charge >= 0.3 is 0 Å². The molecule has 0 aliphatic carbocycles. The number of Topliss-reactive ketones (excluding diaryl/α,β-unsaturated/α-hetero) is 1. The molecule has 2 aromatic carbocycles. The van der Waals surface area contributed by atoms with Gasteiger partial charge in [-0.25, -0.2) is 0 Å². The van der Waals surface area contributed by atoms with Crippen molar-refractivity contribution in [3.8, 4) is 22.8 Å². The minimum atomic E-state index is -0.00907. The lowest BCUT2D eigenvalue weighted by Crippen LogP contribution is -2.03. The molecule has 0 amide bonds. The number of nitrogens with zero attached hydrogens (tertiary/aromatic N) is 1. The predicted octanol–water partition coefficient (Wildman–Crippen LogP) is 5.64. The third-order valence-electron chi connectivity index (χ3n) is 4.14.